The van der Waals surface area contributed by atoms with Crippen LogP contribution in [0.25, 0.3) is 10.9 Å². The summed E-state index contributed by atoms with van der Waals surface area (Å²) < 4.78 is 11.0. The third kappa shape index (κ3) is 9.78. The zero-order chi connectivity index (χ0) is 32.3. The molecule has 1 unspecified atom stereocenters. The van der Waals surface area contributed by atoms with E-state index < -0.39 is 23.4 Å². The number of carbonyl (C=O) groups excluding carboxylic acids is 2. The maximum Gasteiger partial charge on any atom is 0.265 e. The number of nitrogens with zero attached hydrogens (tertiary/aromatic N) is 2. The predicted molar refractivity (Wildman–Crippen MR) is 172 cm³/mol. The average Bonchev–Trinajstić information content (AvgIpc) is 3.00. The first-order valence-electron chi connectivity index (χ1n) is 15.3. The number of carbonyl (C=O) groups is 2. The van der Waals surface area contributed by atoms with Gasteiger partial charge in [-0.1, -0.05) is 37.3 Å². The van der Waals surface area contributed by atoms with Gasteiger partial charge in [0.2, 0.25) is 17.7 Å². The number of aliphatic hydroxyl groups is 1. The number of Topliss-reactive ketones (excluding diaryl/α,β-unsaturated/α-hetero) is 1. The lowest BCUT2D eigenvalue weighted by molar-refractivity contribution is -0.119. The average molecular weight is 607 g/mol. The van der Waals surface area contributed by atoms with Gasteiger partial charge >= 0.3 is 0 Å². The fourth-order valence-corrected chi connectivity index (χ4v) is 5.11. The number of pyridine rings is 1. The van der Waals surface area contributed by atoms with Crippen LogP contribution in [0.1, 0.15) is 77.7 Å². The minimum absolute atomic E-state index is 0.101. The fourth-order valence-electron chi connectivity index (χ4n) is 5.11. The third-order valence-electron chi connectivity index (χ3n) is 7.95. The summed E-state index contributed by atoms with van der Waals surface area (Å²) in [5, 5.41) is 40.2. The van der Waals surface area contributed by atoms with E-state index in [2.05, 4.69) is 29.0 Å². The Morgan fingerprint density at radius 2 is 1.86 bits per heavy atom. The Kier molecular flexibility index (Phi) is 12.7. The number of fused-ring (bicyclic) bond motifs is 1. The van der Waals surface area contributed by atoms with Crippen molar-refractivity contribution < 1.29 is 24.2 Å². The molecule has 1 aromatic heterocycles. The van der Waals surface area contributed by atoms with Crippen molar-refractivity contribution in [2.75, 3.05) is 20.2 Å². The normalized spacial score (nSPS) is 15.7. The second kappa shape index (κ2) is 16.2. The molecule has 0 aliphatic carbocycles. The topological polar surface area (TPSA) is 173 Å². The lowest BCUT2D eigenvalue weighted by Crippen LogP contribution is -2.50. The lowest BCUT2D eigenvalue weighted by Gasteiger charge is -2.40. The third-order valence-corrected chi connectivity index (χ3v) is 7.95. The Bertz CT molecular complexity index is 1380. The van der Waals surface area contributed by atoms with Crippen molar-refractivity contribution in [2.24, 2.45) is 0 Å². The summed E-state index contributed by atoms with van der Waals surface area (Å²) in [7, 11) is 1.44. The second-order valence-electron chi connectivity index (χ2n) is 11.6. The van der Waals surface area contributed by atoms with E-state index in [0.717, 1.165) is 18.2 Å². The molecule has 11 heteroatoms. The molecule has 1 saturated heterocycles. The quantitative estimate of drug-likeness (QED) is 0.0839. The summed E-state index contributed by atoms with van der Waals surface area (Å²) in [6.07, 6.45) is 7.33. The molecule has 1 aliphatic rings. The number of likely N-dealkylation sites (tertiary alicyclic amines) is 1. The molecule has 1 aliphatic heterocycles. The van der Waals surface area contributed by atoms with Crippen molar-refractivity contribution in [3.8, 4) is 5.88 Å². The van der Waals surface area contributed by atoms with Crippen LogP contribution < -0.4 is 10.1 Å². The molecule has 2 aromatic rings. The van der Waals surface area contributed by atoms with Crippen LogP contribution in [0.3, 0.4) is 0 Å². The van der Waals surface area contributed by atoms with Gasteiger partial charge in [-0.3, -0.25) is 25.8 Å². The van der Waals surface area contributed by atoms with E-state index in [9.17, 15) is 14.7 Å². The van der Waals surface area contributed by atoms with Crippen LogP contribution >= 0.6 is 0 Å². The van der Waals surface area contributed by atoms with Gasteiger partial charge in [0.05, 0.1) is 29.5 Å². The minimum Gasteiger partial charge on any atom is -0.480 e. The van der Waals surface area contributed by atoms with Crippen LogP contribution in [0.5, 0.6) is 5.88 Å². The van der Waals surface area contributed by atoms with Gasteiger partial charge in [-0.25, -0.2) is 4.98 Å². The van der Waals surface area contributed by atoms with Crippen molar-refractivity contribution in [2.45, 2.75) is 89.8 Å². The summed E-state index contributed by atoms with van der Waals surface area (Å²) in [5.74, 6) is -1.15. The van der Waals surface area contributed by atoms with Crippen LogP contribution in [0.15, 0.2) is 42.5 Å². The first kappa shape index (κ1) is 34.5. The zero-order valence-corrected chi connectivity index (χ0v) is 26.2. The van der Waals surface area contributed by atoms with Crippen LogP contribution in [-0.4, -0.2) is 82.1 Å². The van der Waals surface area contributed by atoms with E-state index in [1.54, 1.807) is 18.2 Å². The molecule has 0 saturated carbocycles. The molecule has 2 heterocycles. The van der Waals surface area contributed by atoms with Crippen molar-refractivity contribution in [3.63, 3.8) is 0 Å². The number of hydrogen-bond acceptors (Lipinski definition) is 10. The first-order valence-corrected chi connectivity index (χ1v) is 15.3. The number of unbranched alkanes of at least 4 members (excludes halogenated alkanes) is 2. The van der Waals surface area contributed by atoms with Crippen LogP contribution in [0.2, 0.25) is 0 Å². The molecular formula is C33H46N6O5. The molecule has 1 fully saturated rings. The van der Waals surface area contributed by atoms with Crippen molar-refractivity contribution in [1.82, 2.24) is 15.2 Å². The van der Waals surface area contributed by atoms with Gasteiger partial charge in [-0.15, -0.1) is 0 Å². The summed E-state index contributed by atoms with van der Waals surface area (Å²) in [6, 6.07) is 8.34. The van der Waals surface area contributed by atoms with Crippen LogP contribution in [-0.2, 0) is 14.3 Å². The number of allylic oxidation sites excluding steroid dienone is 1. The molecule has 1 amide bonds. The molecule has 3 rings (SSSR count). The van der Waals surface area contributed by atoms with Gasteiger partial charge in [0, 0.05) is 43.8 Å². The van der Waals surface area contributed by atoms with Gasteiger partial charge in [0.15, 0.2) is 0 Å². The molecule has 1 atom stereocenters. The highest BCUT2D eigenvalue weighted by Crippen LogP contribution is 2.27. The largest absolute Gasteiger partial charge is 0.480 e. The Morgan fingerprint density at radius 1 is 1.16 bits per heavy atom. The number of para-hydroxylation sites is 1. The van der Waals surface area contributed by atoms with Crippen molar-refractivity contribution >= 4 is 40.1 Å². The van der Waals surface area contributed by atoms with Gasteiger partial charge in [-0.05, 0) is 58.1 Å². The molecular weight excluding hydrogens is 560 g/mol. The SMILES string of the molecule is CCC(=O)CCCC/C=C/C(NC(=O)C(=N)CC1(O)CCN(C(C)C)CC1)C(=N)OC(=N)c1cc2ccccc2nc1OC. The summed E-state index contributed by atoms with van der Waals surface area (Å²) >= 11 is 0. The number of methoxy groups -OCH3 is 1. The maximum absolute atomic E-state index is 13.1. The standard InChI is InChI=1S/C33H46N6O5/c1-5-24(40)13-8-6-7-9-15-28(37-31(41)26(34)21-33(42)16-18-39(19-17-33)22(2)3)30(36)44-29(35)25-20-23-12-10-11-14-27(23)38-32(25)43-4/h9-12,14-15,20,22,28,34-36,42H,5-8,13,16-19,21H2,1-4H3,(H,37,41)/b15-9+,34-26?,35-29?,36-30?. The molecule has 0 bridgehead atoms. The van der Waals surface area contributed by atoms with E-state index >= 15 is 0 Å². The van der Waals surface area contributed by atoms with E-state index in [-0.39, 0.29) is 35.3 Å². The van der Waals surface area contributed by atoms with E-state index in [0.29, 0.717) is 56.8 Å². The molecule has 0 spiro atoms. The maximum atomic E-state index is 13.1. The number of piperidine rings is 1. The number of amides is 1. The van der Waals surface area contributed by atoms with Gasteiger partial charge in [0.25, 0.3) is 5.91 Å². The summed E-state index contributed by atoms with van der Waals surface area (Å²) in [5.41, 5.74) is -0.509. The lowest BCUT2D eigenvalue weighted by atomic mass is 9.85. The summed E-state index contributed by atoms with van der Waals surface area (Å²) in [6.45, 7) is 7.41. The number of aromatic nitrogens is 1. The Hall–Kier alpha value is -3.96. The van der Waals surface area contributed by atoms with Gasteiger partial charge in [0.1, 0.15) is 11.8 Å². The van der Waals surface area contributed by atoms with Crippen molar-refractivity contribution in [1.29, 1.82) is 16.2 Å². The highest BCUT2D eigenvalue weighted by molar-refractivity contribution is 6.38. The second-order valence-corrected chi connectivity index (χ2v) is 11.6. The Morgan fingerprint density at radius 3 is 2.52 bits per heavy atom. The molecule has 44 heavy (non-hydrogen) atoms. The zero-order valence-electron chi connectivity index (χ0n) is 26.2. The van der Waals surface area contributed by atoms with E-state index in [1.165, 1.54) is 7.11 Å². The number of rotatable bonds is 15. The number of ether oxygens (including phenoxy) is 2. The number of hydrogen-bond donors (Lipinski definition) is 5. The van der Waals surface area contributed by atoms with Crippen LogP contribution in [0, 0.1) is 16.2 Å². The van der Waals surface area contributed by atoms with Crippen LogP contribution in [0.4, 0.5) is 0 Å². The van der Waals surface area contributed by atoms with E-state index in [1.807, 2.05) is 31.2 Å². The molecule has 1 aromatic carbocycles. The Labute approximate surface area is 259 Å². The fraction of sp³-hybridized carbons (Fsp3) is 0.515. The van der Waals surface area contributed by atoms with Gasteiger partial charge < -0.3 is 24.8 Å². The Balaban J connectivity index is 1.71. The molecule has 238 valence electrons. The summed E-state index contributed by atoms with van der Waals surface area (Å²) in [4.78, 5) is 31.4. The van der Waals surface area contributed by atoms with E-state index in [4.69, 9.17) is 25.7 Å². The highest BCUT2D eigenvalue weighted by Gasteiger charge is 2.35. The molecule has 5 N–H and O–H groups in total. The van der Waals surface area contributed by atoms with Crippen molar-refractivity contribution in [3.05, 3.63) is 48.0 Å². The smallest absolute Gasteiger partial charge is 0.265 e. The number of benzene rings is 1. The predicted octanol–water partition coefficient (Wildman–Crippen LogP) is 4.79. The highest BCUT2D eigenvalue weighted by atomic mass is 16.5. The number of nitrogens with one attached hydrogen (secondary N) is 4. The number of ketones is 1. The minimum atomic E-state index is -1.15. The molecule has 0 radical (unpaired) electrons. The van der Waals surface area contributed by atoms with Gasteiger partial charge in [-0.2, -0.15) is 0 Å². The molecule has 11 nitrogen and oxygen atoms in total. The monoisotopic (exact) mass is 606 g/mol. The first-order chi connectivity index (χ1) is 21.0.